The van der Waals surface area contributed by atoms with Crippen LogP contribution in [0.3, 0.4) is 0 Å². The lowest BCUT2D eigenvalue weighted by Gasteiger charge is -2.13. The number of nitrogens with one attached hydrogen (secondary N) is 2. The topological polar surface area (TPSA) is 84.2 Å². The minimum absolute atomic E-state index is 0.201. The molecule has 1 aliphatic rings. The molecular weight excluding hydrogens is 326 g/mol. The van der Waals surface area contributed by atoms with Crippen LogP contribution in [-0.2, 0) is 24.1 Å². The molecule has 0 aliphatic heterocycles. The number of amides is 2. The van der Waals surface area contributed by atoms with E-state index in [4.69, 9.17) is 4.42 Å². The molecule has 0 bridgehead atoms. The van der Waals surface area contributed by atoms with Crippen molar-refractivity contribution in [2.45, 2.75) is 45.1 Å². The van der Waals surface area contributed by atoms with E-state index < -0.39 is 6.04 Å². The van der Waals surface area contributed by atoms with Crippen LogP contribution in [0.4, 0.5) is 0 Å². The summed E-state index contributed by atoms with van der Waals surface area (Å²) in [6, 6.07) is 0.960. The van der Waals surface area contributed by atoms with Crippen LogP contribution >= 0.6 is 11.3 Å². The van der Waals surface area contributed by atoms with Crippen molar-refractivity contribution in [2.75, 3.05) is 6.54 Å². The summed E-state index contributed by atoms with van der Waals surface area (Å²) in [5, 5.41) is 6.58. The Balaban J connectivity index is 1.43. The fourth-order valence-electron chi connectivity index (χ4n) is 2.70. The lowest BCUT2D eigenvalue weighted by atomic mass is 10.0. The zero-order valence-electron chi connectivity index (χ0n) is 13.6. The molecule has 24 heavy (non-hydrogen) atoms. The summed E-state index contributed by atoms with van der Waals surface area (Å²) in [5.74, 6) is -0.521. The summed E-state index contributed by atoms with van der Waals surface area (Å²) < 4.78 is 4.86. The maximum atomic E-state index is 12.1. The summed E-state index contributed by atoms with van der Waals surface area (Å²) in [5.41, 5.74) is 1.65. The van der Waals surface area contributed by atoms with Gasteiger partial charge in [0.25, 0.3) is 5.91 Å². The molecule has 3 rings (SSSR count). The molecular formula is C17H21N3O3S. The molecule has 1 atom stereocenters. The van der Waals surface area contributed by atoms with E-state index in [2.05, 4.69) is 15.6 Å². The average molecular weight is 347 g/mol. The molecule has 2 amide bonds. The van der Waals surface area contributed by atoms with Crippen molar-refractivity contribution < 1.29 is 14.0 Å². The summed E-state index contributed by atoms with van der Waals surface area (Å²) in [6.07, 6.45) is 8.19. The highest BCUT2D eigenvalue weighted by Crippen LogP contribution is 2.26. The van der Waals surface area contributed by atoms with Crippen molar-refractivity contribution in [1.29, 1.82) is 0 Å². The summed E-state index contributed by atoms with van der Waals surface area (Å²) in [7, 11) is 0. The van der Waals surface area contributed by atoms with Gasteiger partial charge in [0.2, 0.25) is 5.91 Å². The number of fused-ring (bicyclic) bond motifs is 1. The van der Waals surface area contributed by atoms with Crippen LogP contribution in [0.5, 0.6) is 0 Å². The molecule has 0 fully saturated rings. The van der Waals surface area contributed by atoms with Crippen LogP contribution in [0.2, 0.25) is 0 Å². The number of hydrogen-bond donors (Lipinski definition) is 2. The van der Waals surface area contributed by atoms with E-state index in [0.29, 0.717) is 12.1 Å². The third-order valence-corrected chi connectivity index (χ3v) is 5.27. The van der Waals surface area contributed by atoms with E-state index in [0.717, 1.165) is 24.3 Å². The lowest BCUT2D eigenvalue weighted by molar-refractivity contribution is -0.122. The van der Waals surface area contributed by atoms with Crippen molar-refractivity contribution in [3.05, 3.63) is 39.7 Å². The number of thiazole rings is 1. The first-order chi connectivity index (χ1) is 11.6. The van der Waals surface area contributed by atoms with Gasteiger partial charge < -0.3 is 15.1 Å². The van der Waals surface area contributed by atoms with Gasteiger partial charge in [-0.2, -0.15) is 0 Å². The molecule has 2 heterocycles. The molecule has 0 saturated heterocycles. The van der Waals surface area contributed by atoms with Crippen molar-refractivity contribution >= 4 is 23.2 Å². The maximum absolute atomic E-state index is 12.1. The lowest BCUT2D eigenvalue weighted by Crippen LogP contribution is -2.45. The molecule has 2 aromatic rings. The van der Waals surface area contributed by atoms with Crippen LogP contribution in [0.15, 0.2) is 23.0 Å². The number of nitrogens with zero attached hydrogens (tertiary/aromatic N) is 1. The van der Waals surface area contributed by atoms with E-state index in [-0.39, 0.29) is 11.8 Å². The Morgan fingerprint density at radius 2 is 2.21 bits per heavy atom. The third-order valence-electron chi connectivity index (χ3n) is 4.05. The monoisotopic (exact) mass is 347 g/mol. The first kappa shape index (κ1) is 16.7. The Morgan fingerprint density at radius 1 is 1.38 bits per heavy atom. The van der Waals surface area contributed by atoms with Crippen LogP contribution in [0.1, 0.15) is 45.7 Å². The molecule has 0 unspecified atom stereocenters. The molecule has 6 nitrogen and oxygen atoms in total. The number of carbonyl (C=O) groups is 2. The Bertz CT molecular complexity index is 685. The Morgan fingerprint density at radius 3 is 2.96 bits per heavy atom. The molecule has 1 aliphatic carbocycles. The van der Waals surface area contributed by atoms with Gasteiger partial charge in [0.05, 0.1) is 22.5 Å². The maximum Gasteiger partial charge on any atom is 0.255 e. The van der Waals surface area contributed by atoms with Crippen LogP contribution in [-0.4, -0.2) is 29.4 Å². The van der Waals surface area contributed by atoms with Crippen molar-refractivity contribution in [2.24, 2.45) is 0 Å². The highest BCUT2D eigenvalue weighted by molar-refractivity contribution is 7.11. The average Bonchev–Trinajstić information content (AvgIpc) is 3.23. The minimum Gasteiger partial charge on any atom is -0.472 e. The summed E-state index contributed by atoms with van der Waals surface area (Å²) in [6.45, 7) is 2.19. The smallest absolute Gasteiger partial charge is 0.255 e. The van der Waals surface area contributed by atoms with Crippen LogP contribution < -0.4 is 10.6 Å². The second-order valence-corrected chi connectivity index (χ2v) is 7.10. The van der Waals surface area contributed by atoms with Crippen LogP contribution in [0, 0.1) is 0 Å². The number of aryl methyl sites for hydroxylation is 2. The zero-order chi connectivity index (χ0) is 16.9. The predicted octanol–water partition coefficient (Wildman–Crippen LogP) is 2.09. The highest BCUT2D eigenvalue weighted by atomic mass is 32.1. The van der Waals surface area contributed by atoms with E-state index in [1.165, 1.54) is 35.9 Å². The normalized spacial score (nSPS) is 14.7. The van der Waals surface area contributed by atoms with Gasteiger partial charge in [0.1, 0.15) is 12.3 Å². The van der Waals surface area contributed by atoms with Gasteiger partial charge in [0.15, 0.2) is 0 Å². The van der Waals surface area contributed by atoms with E-state index in [1.807, 2.05) is 0 Å². The van der Waals surface area contributed by atoms with Crippen molar-refractivity contribution in [1.82, 2.24) is 15.6 Å². The molecule has 0 spiro atoms. The first-order valence-electron chi connectivity index (χ1n) is 8.21. The van der Waals surface area contributed by atoms with Gasteiger partial charge in [-0.15, -0.1) is 11.3 Å². The fourth-order valence-corrected chi connectivity index (χ4v) is 3.85. The fraction of sp³-hybridized carbons (Fsp3) is 0.471. The Kier molecular flexibility index (Phi) is 5.30. The number of furan rings is 1. The summed E-state index contributed by atoms with van der Waals surface area (Å²) >= 11 is 1.76. The zero-order valence-corrected chi connectivity index (χ0v) is 14.4. The van der Waals surface area contributed by atoms with Gasteiger partial charge in [0, 0.05) is 17.8 Å². The first-order valence-corrected chi connectivity index (χ1v) is 9.03. The quantitative estimate of drug-likeness (QED) is 0.838. The van der Waals surface area contributed by atoms with Gasteiger partial charge in [-0.1, -0.05) is 0 Å². The van der Waals surface area contributed by atoms with Gasteiger partial charge in [-0.05, 0) is 38.7 Å². The number of rotatable bonds is 6. The van der Waals surface area contributed by atoms with Gasteiger partial charge in [-0.25, -0.2) is 4.98 Å². The SMILES string of the molecule is C[C@@H](NC(=O)c1ccoc1)C(=O)NCCc1nc2c(s1)CCCC2. The van der Waals surface area contributed by atoms with E-state index in [9.17, 15) is 9.59 Å². The molecule has 0 saturated carbocycles. The molecule has 7 heteroatoms. The Hall–Kier alpha value is -2.15. The standard InChI is InChI=1S/C17H21N3O3S/c1-11(19-17(22)12-7-9-23-10-12)16(21)18-8-6-15-20-13-4-2-3-5-14(13)24-15/h7,9-11H,2-6,8H2,1H3,(H,18,21)(H,19,22)/t11-/m1/s1. The number of aromatic nitrogens is 1. The van der Waals surface area contributed by atoms with Gasteiger partial charge >= 0.3 is 0 Å². The van der Waals surface area contributed by atoms with E-state index in [1.54, 1.807) is 24.3 Å². The minimum atomic E-state index is -0.600. The largest absolute Gasteiger partial charge is 0.472 e. The number of carbonyl (C=O) groups excluding carboxylic acids is 2. The van der Waals surface area contributed by atoms with Crippen LogP contribution in [0.25, 0.3) is 0 Å². The van der Waals surface area contributed by atoms with Crippen molar-refractivity contribution in [3.63, 3.8) is 0 Å². The third kappa shape index (κ3) is 4.03. The molecule has 128 valence electrons. The molecule has 2 aromatic heterocycles. The summed E-state index contributed by atoms with van der Waals surface area (Å²) in [4.78, 5) is 30.0. The van der Waals surface area contributed by atoms with Crippen molar-refractivity contribution in [3.8, 4) is 0 Å². The number of hydrogen-bond acceptors (Lipinski definition) is 5. The second-order valence-electron chi connectivity index (χ2n) is 5.93. The van der Waals surface area contributed by atoms with Gasteiger partial charge in [-0.3, -0.25) is 9.59 Å². The second kappa shape index (κ2) is 7.61. The molecule has 2 N–H and O–H groups in total. The Labute approximate surface area is 144 Å². The van der Waals surface area contributed by atoms with E-state index >= 15 is 0 Å². The predicted molar refractivity (Wildman–Crippen MR) is 91.1 cm³/mol. The molecule has 0 radical (unpaired) electrons. The molecule has 0 aromatic carbocycles. The highest BCUT2D eigenvalue weighted by Gasteiger charge is 2.18.